The number of carbonyl (C=O) groups excluding carboxylic acids is 2. The van der Waals surface area contributed by atoms with E-state index in [0.29, 0.717) is 43.1 Å². The summed E-state index contributed by atoms with van der Waals surface area (Å²) >= 11 is 0. The van der Waals surface area contributed by atoms with Crippen LogP contribution < -0.4 is 21.1 Å². The largest absolute Gasteiger partial charge is 0.496 e. The predicted octanol–water partition coefficient (Wildman–Crippen LogP) is 1.84. The molecule has 5 N–H and O–H groups in total. The Hall–Kier alpha value is -5.44. The van der Waals surface area contributed by atoms with E-state index in [9.17, 15) is 14.0 Å². The topological polar surface area (TPSA) is 180 Å². The molecule has 0 saturated carbocycles. The zero-order chi connectivity index (χ0) is 31.2. The molecule has 3 heterocycles. The fourth-order valence-electron chi connectivity index (χ4n) is 4.94. The van der Waals surface area contributed by atoms with Crippen LogP contribution in [-0.2, 0) is 6.54 Å². The molecule has 0 radical (unpaired) electrons. The summed E-state index contributed by atoms with van der Waals surface area (Å²) in [6, 6.07) is 10.3. The van der Waals surface area contributed by atoms with Gasteiger partial charge < -0.3 is 30.9 Å². The zero-order valence-corrected chi connectivity index (χ0v) is 24.2. The first-order chi connectivity index (χ1) is 21.2. The summed E-state index contributed by atoms with van der Waals surface area (Å²) in [6.07, 6.45) is 4.01. The lowest BCUT2D eigenvalue weighted by Crippen LogP contribution is -2.57. The van der Waals surface area contributed by atoms with Crippen LogP contribution >= 0.6 is 0 Å². The minimum Gasteiger partial charge on any atom is -0.496 e. The number of likely N-dealkylation sites (N-methyl/N-ethyl adjacent to an activating group) is 1. The Kier molecular flexibility index (Phi) is 9.04. The third kappa shape index (κ3) is 6.62. The molecule has 5 rings (SSSR count). The van der Waals surface area contributed by atoms with Gasteiger partial charge in [0.2, 0.25) is 0 Å². The summed E-state index contributed by atoms with van der Waals surface area (Å²) in [4.78, 5) is 41.9. The lowest BCUT2D eigenvalue weighted by Gasteiger charge is -2.39. The second kappa shape index (κ2) is 13.2. The van der Waals surface area contributed by atoms with Gasteiger partial charge >= 0.3 is 6.03 Å². The number of methoxy groups -OCH3 is 1. The van der Waals surface area contributed by atoms with E-state index in [1.165, 1.54) is 42.9 Å². The highest BCUT2D eigenvalue weighted by Crippen LogP contribution is 2.23. The fraction of sp³-hybridized carbons (Fsp3) is 0.276. The molecule has 0 bridgehead atoms. The molecule has 44 heavy (non-hydrogen) atoms. The average molecular weight is 602 g/mol. The van der Waals surface area contributed by atoms with Crippen molar-refractivity contribution in [3.8, 4) is 5.75 Å². The molecule has 1 aliphatic heterocycles. The molecule has 0 spiro atoms. The molecule has 1 aliphatic rings. The molecule has 15 heteroatoms. The highest BCUT2D eigenvalue weighted by atomic mass is 19.1. The first-order valence-electron chi connectivity index (χ1n) is 13.7. The van der Waals surface area contributed by atoms with Gasteiger partial charge in [-0.2, -0.15) is 9.78 Å². The van der Waals surface area contributed by atoms with Crippen LogP contribution in [0.3, 0.4) is 0 Å². The molecule has 4 aromatic rings. The van der Waals surface area contributed by atoms with Gasteiger partial charge in [0, 0.05) is 38.3 Å². The number of ether oxygens (including phenoxy) is 1. The van der Waals surface area contributed by atoms with E-state index in [1.807, 2.05) is 7.05 Å². The first kappa shape index (κ1) is 30.0. The van der Waals surface area contributed by atoms with E-state index in [0.717, 1.165) is 11.6 Å². The number of hydrogen-bond acceptors (Lipinski definition) is 11. The number of halogens is 1. The molecule has 1 atom stereocenters. The van der Waals surface area contributed by atoms with Crippen LogP contribution in [0.15, 0.2) is 61.4 Å². The normalized spacial score (nSPS) is 15.1. The summed E-state index contributed by atoms with van der Waals surface area (Å²) in [5.41, 5.74) is 8.06. The highest BCUT2D eigenvalue weighted by molar-refractivity contribution is 6.16. The fourth-order valence-corrected chi connectivity index (χ4v) is 4.94. The Morgan fingerprint density at radius 1 is 1.14 bits per heavy atom. The van der Waals surface area contributed by atoms with Crippen LogP contribution in [0, 0.1) is 11.2 Å². The van der Waals surface area contributed by atoms with Gasteiger partial charge in [0.05, 0.1) is 30.0 Å². The number of nitrogen functional groups attached to an aromatic ring is 1. The molecule has 14 nitrogen and oxygen atoms in total. The van der Waals surface area contributed by atoms with Crippen molar-refractivity contribution in [2.45, 2.75) is 12.6 Å². The Bertz CT molecular complexity index is 1650. The predicted molar refractivity (Wildman–Crippen MR) is 160 cm³/mol. The van der Waals surface area contributed by atoms with Gasteiger partial charge in [-0.3, -0.25) is 10.2 Å². The van der Waals surface area contributed by atoms with Crippen molar-refractivity contribution in [1.29, 1.82) is 5.41 Å². The lowest BCUT2D eigenvalue weighted by molar-refractivity contribution is 0.0947. The maximum Gasteiger partial charge on any atom is 0.346 e. The quantitative estimate of drug-likeness (QED) is 0.207. The monoisotopic (exact) mass is 601 g/mol. The number of aromatic nitrogens is 5. The number of benzene rings is 2. The first-order valence-corrected chi connectivity index (χ1v) is 13.7. The number of anilines is 2. The number of nitrogens with two attached hydrogens (primary N) is 1. The van der Waals surface area contributed by atoms with E-state index in [1.54, 1.807) is 29.2 Å². The highest BCUT2D eigenvalue weighted by Gasteiger charge is 2.31. The van der Waals surface area contributed by atoms with Crippen molar-refractivity contribution in [3.05, 3.63) is 89.5 Å². The third-order valence-electron chi connectivity index (χ3n) is 7.28. The van der Waals surface area contributed by atoms with Crippen LogP contribution in [0.1, 0.15) is 27.0 Å². The van der Waals surface area contributed by atoms with Crippen LogP contribution in [0.5, 0.6) is 5.75 Å². The Labute approximate surface area is 252 Å². The van der Waals surface area contributed by atoms with Crippen molar-refractivity contribution in [3.63, 3.8) is 0 Å². The van der Waals surface area contributed by atoms with Gasteiger partial charge in [-0.05, 0) is 30.8 Å². The van der Waals surface area contributed by atoms with Gasteiger partial charge in [-0.15, -0.1) is 0 Å². The van der Waals surface area contributed by atoms with E-state index >= 15 is 0 Å². The molecule has 1 fully saturated rings. The number of carbonyl (C=O) groups is 2. The van der Waals surface area contributed by atoms with Gasteiger partial charge in [-0.1, -0.05) is 24.3 Å². The van der Waals surface area contributed by atoms with Crippen LogP contribution in [-0.4, -0.2) is 98.6 Å². The second-order valence-corrected chi connectivity index (χ2v) is 10.2. The summed E-state index contributed by atoms with van der Waals surface area (Å²) in [6.45, 7) is 2.36. The van der Waals surface area contributed by atoms with Crippen LogP contribution in [0.25, 0.3) is 0 Å². The number of amides is 2. The van der Waals surface area contributed by atoms with Crippen molar-refractivity contribution < 1.29 is 18.7 Å². The molecule has 0 aliphatic carbocycles. The molecule has 2 aromatic carbocycles. The molecular formula is C29H32FN11O3. The molecule has 2 amide bonds. The average Bonchev–Trinajstić information content (AvgIpc) is 3.58. The van der Waals surface area contributed by atoms with Gasteiger partial charge in [0.1, 0.15) is 42.2 Å². The van der Waals surface area contributed by atoms with Crippen molar-refractivity contribution in [2.24, 2.45) is 0 Å². The summed E-state index contributed by atoms with van der Waals surface area (Å²) in [7, 11) is 3.40. The maximum atomic E-state index is 13.7. The number of piperazine rings is 1. The molecule has 2 aromatic heterocycles. The Morgan fingerprint density at radius 3 is 2.66 bits per heavy atom. The van der Waals surface area contributed by atoms with E-state index in [-0.39, 0.29) is 41.5 Å². The lowest BCUT2D eigenvalue weighted by atomic mass is 10.0. The number of nitrogens with zero attached hydrogens (tertiary/aromatic N) is 7. The van der Waals surface area contributed by atoms with Gasteiger partial charge in [0.25, 0.3) is 5.91 Å². The van der Waals surface area contributed by atoms with E-state index in [4.69, 9.17) is 15.9 Å². The second-order valence-electron chi connectivity index (χ2n) is 10.2. The van der Waals surface area contributed by atoms with Gasteiger partial charge in [-0.25, -0.2) is 24.1 Å². The van der Waals surface area contributed by atoms with Crippen LogP contribution in [0.2, 0.25) is 0 Å². The maximum absolute atomic E-state index is 13.7. The van der Waals surface area contributed by atoms with Crippen molar-refractivity contribution in [1.82, 2.24) is 39.8 Å². The van der Waals surface area contributed by atoms with Crippen molar-refractivity contribution in [2.75, 3.05) is 51.4 Å². The minimum absolute atomic E-state index is 0.0937. The summed E-state index contributed by atoms with van der Waals surface area (Å²) in [5.74, 6) is -0.257. The standard InChI is InChI=1S/C29H32FN11O3/c1-39-9-10-40(29(43)41-17-33-15-38-41)21(14-39)13-34-27-24(26(32)36-16-37-27)25(31)19-5-3-18(4-6-19)12-35-28(42)22-11-20(30)7-8-23(22)44-2/h3-8,11,15-17,21,31H,9-10,12-14H2,1-2H3,(H,35,42)(H3,32,34,36,37). The summed E-state index contributed by atoms with van der Waals surface area (Å²) < 4.78 is 20.1. The van der Waals surface area contributed by atoms with Gasteiger partial charge in [0.15, 0.2) is 0 Å². The molecule has 1 saturated heterocycles. The zero-order valence-electron chi connectivity index (χ0n) is 24.2. The minimum atomic E-state index is -0.541. The molecule has 228 valence electrons. The Morgan fingerprint density at radius 2 is 1.93 bits per heavy atom. The Balaban J connectivity index is 1.27. The molecular weight excluding hydrogens is 569 g/mol. The number of nitrogens with one attached hydrogen (secondary N) is 3. The van der Waals surface area contributed by atoms with E-state index in [2.05, 4.69) is 35.6 Å². The number of hydrogen-bond donors (Lipinski definition) is 4. The molecule has 1 unspecified atom stereocenters. The summed E-state index contributed by atoms with van der Waals surface area (Å²) in [5, 5.41) is 18.9. The van der Waals surface area contributed by atoms with Crippen LogP contribution in [0.4, 0.5) is 20.8 Å². The SMILES string of the molecule is COc1ccc(F)cc1C(=O)NCc1ccc(C(=N)c2c(N)ncnc2NCC2CN(C)CCN2C(=O)n2cncn2)cc1. The third-order valence-corrected chi connectivity index (χ3v) is 7.28. The van der Waals surface area contributed by atoms with Crippen molar-refractivity contribution >= 4 is 29.3 Å². The smallest absolute Gasteiger partial charge is 0.346 e. The van der Waals surface area contributed by atoms with E-state index < -0.39 is 11.7 Å². The number of rotatable bonds is 9.